The molecule has 0 fully saturated rings. The van der Waals surface area contributed by atoms with Gasteiger partial charge in [0.1, 0.15) is 5.75 Å². The highest BCUT2D eigenvalue weighted by molar-refractivity contribution is 5.94. The number of anilines is 1. The Hall–Kier alpha value is -3.61. The second-order valence-corrected chi connectivity index (χ2v) is 5.25. The van der Waals surface area contributed by atoms with Gasteiger partial charge >= 0.3 is 0 Å². The van der Waals surface area contributed by atoms with Gasteiger partial charge in [0.15, 0.2) is 6.61 Å². The number of rotatable bonds is 5. The molecule has 0 heterocycles. The van der Waals surface area contributed by atoms with Crippen LogP contribution in [0.2, 0.25) is 0 Å². The molecule has 0 saturated heterocycles. The van der Waals surface area contributed by atoms with E-state index < -0.39 is 16.6 Å². The Morgan fingerprint density at radius 1 is 1.08 bits per heavy atom. The minimum absolute atomic E-state index is 0.152. The standard InChI is InChI=1S/C18H14N2O5/c21-16-9-8-13(20(23)24)10-15(16)19-18(22)11-25-17-7-3-5-12-4-1-2-6-14(12)17/h1-10,21H,11H2,(H,19,22)/p-1. The topological polar surface area (TPSA) is 105 Å². The van der Waals surface area contributed by atoms with E-state index in [1.165, 1.54) is 0 Å². The number of fused-ring (bicyclic) bond motifs is 1. The average molecular weight is 337 g/mol. The van der Waals surface area contributed by atoms with E-state index in [4.69, 9.17) is 4.74 Å². The summed E-state index contributed by atoms with van der Waals surface area (Å²) in [5, 5.41) is 26.6. The Morgan fingerprint density at radius 2 is 1.84 bits per heavy atom. The number of carbonyl (C=O) groups is 1. The van der Waals surface area contributed by atoms with Crippen LogP contribution in [0.25, 0.3) is 10.8 Å². The Bertz CT molecular complexity index is 950. The van der Waals surface area contributed by atoms with Gasteiger partial charge in [0.25, 0.3) is 11.6 Å². The third-order valence-electron chi connectivity index (χ3n) is 3.56. The van der Waals surface area contributed by atoms with E-state index in [0.29, 0.717) is 5.75 Å². The van der Waals surface area contributed by atoms with Crippen LogP contribution in [0.3, 0.4) is 0 Å². The number of carbonyl (C=O) groups excluding carboxylic acids is 1. The van der Waals surface area contributed by atoms with Crippen molar-refractivity contribution in [3.05, 3.63) is 70.8 Å². The monoisotopic (exact) mass is 337 g/mol. The van der Waals surface area contributed by atoms with Crippen molar-refractivity contribution < 1.29 is 19.6 Å². The van der Waals surface area contributed by atoms with Gasteiger partial charge in [-0.25, -0.2) is 0 Å². The summed E-state index contributed by atoms with van der Waals surface area (Å²) < 4.78 is 5.52. The lowest BCUT2D eigenvalue weighted by Gasteiger charge is -2.14. The minimum Gasteiger partial charge on any atom is -0.871 e. The second-order valence-electron chi connectivity index (χ2n) is 5.25. The summed E-state index contributed by atoms with van der Waals surface area (Å²) in [6.45, 7) is -0.323. The number of nitrogens with one attached hydrogen (secondary N) is 1. The Balaban J connectivity index is 1.71. The maximum absolute atomic E-state index is 12.0. The minimum atomic E-state index is -0.637. The number of non-ortho nitro benzene ring substituents is 1. The first-order valence-electron chi connectivity index (χ1n) is 7.40. The van der Waals surface area contributed by atoms with Crippen LogP contribution >= 0.6 is 0 Å². The molecule has 0 radical (unpaired) electrons. The van der Waals surface area contributed by atoms with Gasteiger partial charge in [-0.3, -0.25) is 14.9 Å². The van der Waals surface area contributed by atoms with Gasteiger partial charge in [0.05, 0.1) is 4.92 Å². The molecule has 0 aliphatic rings. The van der Waals surface area contributed by atoms with Gasteiger partial charge < -0.3 is 15.2 Å². The van der Waals surface area contributed by atoms with E-state index in [-0.39, 0.29) is 18.0 Å². The smallest absolute Gasteiger partial charge is 0.271 e. The van der Waals surface area contributed by atoms with Gasteiger partial charge in [-0.2, -0.15) is 0 Å². The molecule has 0 aliphatic heterocycles. The molecular formula is C18H13N2O5-. The van der Waals surface area contributed by atoms with Crippen LogP contribution in [0.1, 0.15) is 0 Å². The maximum Gasteiger partial charge on any atom is 0.271 e. The zero-order chi connectivity index (χ0) is 17.8. The van der Waals surface area contributed by atoms with Gasteiger partial charge in [-0.15, -0.1) is 0 Å². The molecule has 0 atom stereocenters. The Kier molecular flexibility index (Phi) is 4.47. The number of benzene rings is 3. The van der Waals surface area contributed by atoms with Gasteiger partial charge in [0.2, 0.25) is 0 Å². The zero-order valence-electron chi connectivity index (χ0n) is 13.0. The summed E-state index contributed by atoms with van der Waals surface area (Å²) in [5.74, 6) is -0.552. The van der Waals surface area contributed by atoms with Crippen molar-refractivity contribution in [2.24, 2.45) is 0 Å². The highest BCUT2D eigenvalue weighted by Gasteiger charge is 2.10. The molecule has 7 nitrogen and oxygen atoms in total. The SMILES string of the molecule is O=C(COc1cccc2ccccc12)Nc1cc([N+](=O)[O-])ccc1[O-]. The summed E-state index contributed by atoms with van der Waals surface area (Å²) in [6, 6.07) is 16.2. The molecule has 1 amide bonds. The number of hydrogen-bond donors (Lipinski definition) is 1. The fourth-order valence-corrected chi connectivity index (χ4v) is 2.38. The van der Waals surface area contributed by atoms with Crippen molar-refractivity contribution in [1.82, 2.24) is 0 Å². The van der Waals surface area contributed by atoms with Crippen LogP contribution in [0.4, 0.5) is 11.4 Å². The molecule has 0 unspecified atom stereocenters. The molecule has 0 aromatic heterocycles. The van der Waals surface area contributed by atoms with E-state index >= 15 is 0 Å². The number of hydrogen-bond acceptors (Lipinski definition) is 5. The lowest BCUT2D eigenvalue weighted by molar-refractivity contribution is -0.385. The number of amides is 1. The van der Waals surface area contributed by atoms with Crippen LogP contribution < -0.4 is 15.2 Å². The van der Waals surface area contributed by atoms with E-state index in [2.05, 4.69) is 5.32 Å². The van der Waals surface area contributed by atoms with Crippen LogP contribution in [0.5, 0.6) is 11.5 Å². The summed E-state index contributed by atoms with van der Waals surface area (Å²) in [4.78, 5) is 22.1. The molecule has 0 spiro atoms. The predicted molar refractivity (Wildman–Crippen MR) is 90.6 cm³/mol. The van der Waals surface area contributed by atoms with Crippen LogP contribution in [-0.4, -0.2) is 17.4 Å². The molecule has 0 aliphatic carbocycles. The molecule has 25 heavy (non-hydrogen) atoms. The number of nitrogens with zero attached hydrogens (tertiary/aromatic N) is 1. The first-order valence-corrected chi connectivity index (χ1v) is 7.40. The summed E-state index contributed by atoms with van der Waals surface area (Å²) in [5.41, 5.74) is -0.425. The fraction of sp³-hybridized carbons (Fsp3) is 0.0556. The third kappa shape index (κ3) is 3.66. The predicted octanol–water partition coefficient (Wildman–Crippen LogP) is 2.84. The van der Waals surface area contributed by atoms with E-state index in [9.17, 15) is 20.0 Å². The zero-order valence-corrected chi connectivity index (χ0v) is 13.0. The lowest BCUT2D eigenvalue weighted by atomic mass is 10.1. The summed E-state index contributed by atoms with van der Waals surface area (Å²) in [6.07, 6.45) is 0. The highest BCUT2D eigenvalue weighted by Crippen LogP contribution is 2.27. The average Bonchev–Trinajstić information content (AvgIpc) is 2.61. The molecule has 0 saturated carbocycles. The van der Waals surface area contributed by atoms with Crippen molar-refractivity contribution in [3.63, 3.8) is 0 Å². The Morgan fingerprint density at radius 3 is 2.64 bits per heavy atom. The summed E-state index contributed by atoms with van der Waals surface area (Å²) in [7, 11) is 0. The molecule has 7 heteroatoms. The van der Waals surface area contributed by atoms with Crippen LogP contribution in [0, 0.1) is 10.1 Å². The van der Waals surface area contributed by atoms with Crippen molar-refractivity contribution in [3.8, 4) is 11.5 Å². The Labute approximate surface area is 142 Å². The first-order chi connectivity index (χ1) is 12.0. The van der Waals surface area contributed by atoms with Crippen molar-refractivity contribution >= 4 is 28.1 Å². The normalized spacial score (nSPS) is 10.4. The third-order valence-corrected chi connectivity index (χ3v) is 3.56. The summed E-state index contributed by atoms with van der Waals surface area (Å²) >= 11 is 0. The number of ether oxygens (including phenoxy) is 1. The highest BCUT2D eigenvalue weighted by atomic mass is 16.6. The number of nitro groups is 1. The van der Waals surface area contributed by atoms with Gasteiger partial charge in [0, 0.05) is 23.2 Å². The van der Waals surface area contributed by atoms with E-state index in [0.717, 1.165) is 29.0 Å². The molecule has 3 aromatic rings. The molecule has 3 rings (SSSR count). The molecular weight excluding hydrogens is 324 g/mol. The van der Waals surface area contributed by atoms with Crippen molar-refractivity contribution in [2.75, 3.05) is 11.9 Å². The first kappa shape index (κ1) is 16.3. The van der Waals surface area contributed by atoms with Crippen molar-refractivity contribution in [1.29, 1.82) is 0 Å². The lowest BCUT2D eigenvalue weighted by Crippen LogP contribution is -2.21. The van der Waals surface area contributed by atoms with Gasteiger partial charge in [-0.05, 0) is 11.5 Å². The maximum atomic E-state index is 12.0. The fourth-order valence-electron chi connectivity index (χ4n) is 2.38. The van der Waals surface area contributed by atoms with Gasteiger partial charge in [-0.1, -0.05) is 48.2 Å². The van der Waals surface area contributed by atoms with E-state index in [1.54, 1.807) is 6.07 Å². The molecule has 1 N–H and O–H groups in total. The second kappa shape index (κ2) is 6.88. The largest absolute Gasteiger partial charge is 0.871 e. The molecule has 0 bridgehead atoms. The number of nitro benzene ring substituents is 1. The quantitative estimate of drug-likeness (QED) is 0.569. The molecule has 126 valence electrons. The van der Waals surface area contributed by atoms with Crippen LogP contribution in [0.15, 0.2) is 60.7 Å². The van der Waals surface area contributed by atoms with Crippen LogP contribution in [-0.2, 0) is 4.79 Å². The molecule has 3 aromatic carbocycles. The van der Waals surface area contributed by atoms with Crippen molar-refractivity contribution in [2.45, 2.75) is 0 Å². The van der Waals surface area contributed by atoms with E-state index in [1.807, 2.05) is 36.4 Å².